The SMILES string of the molecule is Cc1cccc(CCNC2CCN3CCC2C3)c1. The Morgan fingerprint density at radius 1 is 1.28 bits per heavy atom. The van der Waals surface area contributed by atoms with Crippen molar-refractivity contribution in [1.82, 2.24) is 10.2 Å². The number of hydrogen-bond donors (Lipinski definition) is 1. The molecule has 3 atom stereocenters. The summed E-state index contributed by atoms with van der Waals surface area (Å²) in [6.07, 6.45) is 3.91. The van der Waals surface area contributed by atoms with Crippen LogP contribution in [0.25, 0.3) is 0 Å². The van der Waals surface area contributed by atoms with Gasteiger partial charge in [-0.15, -0.1) is 0 Å². The van der Waals surface area contributed by atoms with Crippen LogP contribution in [0, 0.1) is 12.8 Å². The van der Waals surface area contributed by atoms with E-state index >= 15 is 0 Å². The maximum absolute atomic E-state index is 3.79. The molecule has 1 N–H and O–H groups in total. The van der Waals surface area contributed by atoms with Crippen molar-refractivity contribution in [3.8, 4) is 0 Å². The molecule has 2 saturated heterocycles. The molecule has 2 bridgehead atoms. The zero-order valence-corrected chi connectivity index (χ0v) is 11.4. The van der Waals surface area contributed by atoms with Gasteiger partial charge in [-0.25, -0.2) is 0 Å². The van der Waals surface area contributed by atoms with E-state index in [0.717, 1.165) is 24.9 Å². The lowest BCUT2D eigenvalue weighted by Crippen LogP contribution is -2.44. The highest BCUT2D eigenvalue weighted by atomic mass is 15.2. The summed E-state index contributed by atoms with van der Waals surface area (Å²) in [7, 11) is 0. The molecule has 98 valence electrons. The molecule has 2 heterocycles. The Balaban J connectivity index is 1.47. The molecule has 18 heavy (non-hydrogen) atoms. The summed E-state index contributed by atoms with van der Waals surface area (Å²) in [4.78, 5) is 2.61. The monoisotopic (exact) mass is 244 g/mol. The van der Waals surface area contributed by atoms with E-state index in [0.29, 0.717) is 0 Å². The van der Waals surface area contributed by atoms with E-state index in [2.05, 4.69) is 41.4 Å². The van der Waals surface area contributed by atoms with E-state index < -0.39 is 0 Å². The van der Waals surface area contributed by atoms with Gasteiger partial charge in [-0.05, 0) is 57.3 Å². The summed E-state index contributed by atoms with van der Waals surface area (Å²) < 4.78 is 0. The third-order valence-corrected chi connectivity index (χ3v) is 4.54. The second-order valence-corrected chi connectivity index (χ2v) is 5.94. The Morgan fingerprint density at radius 3 is 3.06 bits per heavy atom. The van der Waals surface area contributed by atoms with Crippen LogP contribution in [0.5, 0.6) is 0 Å². The number of benzene rings is 1. The van der Waals surface area contributed by atoms with E-state index in [1.165, 1.54) is 43.6 Å². The minimum absolute atomic E-state index is 0.772. The lowest BCUT2D eigenvalue weighted by molar-refractivity contribution is 0.222. The van der Waals surface area contributed by atoms with Crippen LogP contribution in [0.1, 0.15) is 24.0 Å². The largest absolute Gasteiger partial charge is 0.313 e. The van der Waals surface area contributed by atoms with E-state index in [1.807, 2.05) is 0 Å². The van der Waals surface area contributed by atoms with E-state index in [9.17, 15) is 0 Å². The third-order valence-electron chi connectivity index (χ3n) is 4.54. The highest BCUT2D eigenvalue weighted by Crippen LogP contribution is 2.26. The van der Waals surface area contributed by atoms with Crippen molar-refractivity contribution in [3.05, 3.63) is 35.4 Å². The molecule has 0 aliphatic carbocycles. The van der Waals surface area contributed by atoms with Gasteiger partial charge in [0.05, 0.1) is 0 Å². The first-order chi connectivity index (χ1) is 8.81. The highest BCUT2D eigenvalue weighted by molar-refractivity contribution is 5.22. The summed E-state index contributed by atoms with van der Waals surface area (Å²) in [5, 5.41) is 3.79. The maximum Gasteiger partial charge on any atom is 0.0120 e. The van der Waals surface area contributed by atoms with Crippen LogP contribution in [0.2, 0.25) is 0 Å². The Morgan fingerprint density at radius 2 is 2.17 bits per heavy atom. The molecule has 2 heteroatoms. The van der Waals surface area contributed by atoms with Crippen LogP contribution in [0.3, 0.4) is 0 Å². The first-order valence-electron chi connectivity index (χ1n) is 7.32. The molecular formula is C16H24N2. The molecule has 0 spiro atoms. The fourth-order valence-corrected chi connectivity index (χ4v) is 3.49. The molecule has 0 aromatic heterocycles. The Hall–Kier alpha value is -0.860. The van der Waals surface area contributed by atoms with Crippen LogP contribution in [-0.4, -0.2) is 37.1 Å². The molecular weight excluding hydrogens is 220 g/mol. The number of hydrogen-bond acceptors (Lipinski definition) is 2. The number of fused-ring (bicyclic) bond motifs is 2. The molecule has 3 rings (SSSR count). The minimum atomic E-state index is 0.772. The van der Waals surface area contributed by atoms with Crippen molar-refractivity contribution in [2.45, 2.75) is 32.2 Å². The smallest absolute Gasteiger partial charge is 0.0120 e. The van der Waals surface area contributed by atoms with Gasteiger partial charge in [0.2, 0.25) is 0 Å². The average Bonchev–Trinajstić information content (AvgIpc) is 2.75. The van der Waals surface area contributed by atoms with Gasteiger partial charge in [0.25, 0.3) is 0 Å². The topological polar surface area (TPSA) is 15.3 Å². The molecule has 1 aromatic carbocycles. The predicted molar refractivity (Wildman–Crippen MR) is 75.8 cm³/mol. The zero-order valence-electron chi connectivity index (χ0n) is 11.4. The predicted octanol–water partition coefficient (Wildman–Crippen LogP) is 2.22. The summed E-state index contributed by atoms with van der Waals surface area (Å²) in [6, 6.07) is 9.66. The summed E-state index contributed by atoms with van der Waals surface area (Å²) in [5.41, 5.74) is 2.84. The second-order valence-electron chi connectivity index (χ2n) is 5.94. The summed E-state index contributed by atoms with van der Waals surface area (Å²) in [6.45, 7) is 7.28. The molecule has 0 radical (unpaired) electrons. The lowest BCUT2D eigenvalue weighted by Gasteiger charge is -2.31. The quantitative estimate of drug-likeness (QED) is 0.873. The number of rotatable bonds is 4. The number of nitrogens with one attached hydrogen (secondary N) is 1. The summed E-state index contributed by atoms with van der Waals surface area (Å²) >= 11 is 0. The Kier molecular flexibility index (Phi) is 3.67. The Bertz CT molecular complexity index is 402. The summed E-state index contributed by atoms with van der Waals surface area (Å²) in [5.74, 6) is 0.913. The van der Waals surface area contributed by atoms with Crippen molar-refractivity contribution in [3.63, 3.8) is 0 Å². The van der Waals surface area contributed by atoms with Gasteiger partial charge in [-0.3, -0.25) is 0 Å². The van der Waals surface area contributed by atoms with Gasteiger partial charge >= 0.3 is 0 Å². The second kappa shape index (κ2) is 5.41. The van der Waals surface area contributed by atoms with Crippen molar-refractivity contribution >= 4 is 0 Å². The van der Waals surface area contributed by atoms with Gasteiger partial charge in [0.1, 0.15) is 0 Å². The van der Waals surface area contributed by atoms with E-state index in [4.69, 9.17) is 0 Å². The van der Waals surface area contributed by atoms with Crippen LogP contribution >= 0.6 is 0 Å². The van der Waals surface area contributed by atoms with E-state index in [-0.39, 0.29) is 0 Å². The van der Waals surface area contributed by atoms with Crippen LogP contribution in [0.4, 0.5) is 0 Å². The van der Waals surface area contributed by atoms with Crippen molar-refractivity contribution in [2.24, 2.45) is 5.92 Å². The maximum atomic E-state index is 3.79. The Labute approximate surface area is 110 Å². The highest BCUT2D eigenvalue weighted by Gasteiger charge is 2.33. The van der Waals surface area contributed by atoms with Crippen LogP contribution < -0.4 is 5.32 Å². The molecule has 2 aliphatic heterocycles. The molecule has 2 nitrogen and oxygen atoms in total. The van der Waals surface area contributed by atoms with Gasteiger partial charge < -0.3 is 10.2 Å². The number of aryl methyl sites for hydroxylation is 1. The first-order valence-corrected chi connectivity index (χ1v) is 7.32. The molecule has 2 fully saturated rings. The fraction of sp³-hybridized carbons (Fsp3) is 0.625. The number of piperidine rings is 1. The average molecular weight is 244 g/mol. The van der Waals surface area contributed by atoms with Gasteiger partial charge in [-0.1, -0.05) is 29.8 Å². The van der Waals surface area contributed by atoms with Gasteiger partial charge in [-0.2, -0.15) is 0 Å². The standard InChI is InChI=1S/C16H24N2/c1-13-3-2-4-14(11-13)5-8-17-16-7-10-18-9-6-15(16)12-18/h2-4,11,15-17H,5-10,12H2,1H3. The third kappa shape index (κ3) is 2.76. The van der Waals surface area contributed by atoms with Gasteiger partial charge in [0, 0.05) is 12.6 Å². The number of nitrogens with zero attached hydrogens (tertiary/aromatic N) is 1. The van der Waals surface area contributed by atoms with Crippen molar-refractivity contribution in [1.29, 1.82) is 0 Å². The lowest BCUT2D eigenvalue weighted by atomic mass is 9.94. The van der Waals surface area contributed by atoms with Crippen molar-refractivity contribution < 1.29 is 0 Å². The molecule has 2 aliphatic rings. The minimum Gasteiger partial charge on any atom is -0.313 e. The van der Waals surface area contributed by atoms with Crippen LogP contribution in [0.15, 0.2) is 24.3 Å². The molecule has 1 aromatic rings. The fourth-order valence-electron chi connectivity index (χ4n) is 3.49. The first kappa shape index (κ1) is 12.2. The van der Waals surface area contributed by atoms with Crippen molar-refractivity contribution in [2.75, 3.05) is 26.2 Å². The van der Waals surface area contributed by atoms with E-state index in [1.54, 1.807) is 0 Å². The normalized spacial score (nSPS) is 30.6. The zero-order chi connectivity index (χ0) is 12.4. The van der Waals surface area contributed by atoms with Crippen LogP contribution in [-0.2, 0) is 6.42 Å². The molecule has 0 saturated carbocycles. The molecule has 0 amide bonds. The van der Waals surface area contributed by atoms with Gasteiger partial charge in [0.15, 0.2) is 0 Å². The molecule has 3 unspecified atom stereocenters.